The number of benzene rings is 2. The number of carbonyl (C=O) groups is 1. The first kappa shape index (κ1) is 18.2. The summed E-state index contributed by atoms with van der Waals surface area (Å²) in [4.78, 5) is 25.1. The molecule has 140 valence electrons. The van der Waals surface area contributed by atoms with E-state index < -0.39 is 29.0 Å². The summed E-state index contributed by atoms with van der Waals surface area (Å²) >= 11 is 0. The lowest BCUT2D eigenvalue weighted by molar-refractivity contribution is 0.0697. The number of halogens is 2. The predicted molar refractivity (Wildman–Crippen MR) is 92.0 cm³/mol. The second kappa shape index (κ2) is 7.36. The molecule has 0 atom stereocenters. The van der Waals surface area contributed by atoms with Crippen LogP contribution in [0, 0.1) is 11.6 Å². The molecule has 1 heterocycles. The molecule has 0 saturated carbocycles. The average Bonchev–Trinajstić information content (AvgIpc) is 3.00. The Morgan fingerprint density at radius 2 is 1.74 bits per heavy atom. The van der Waals surface area contributed by atoms with E-state index in [1.165, 1.54) is 18.2 Å². The summed E-state index contributed by atoms with van der Waals surface area (Å²) in [6.45, 7) is 2.27. The fourth-order valence-electron chi connectivity index (χ4n) is 2.54. The molecular formula is C17H15F2N5O3. The molecule has 3 aromatic rings. The molecule has 0 spiro atoms. The quantitative estimate of drug-likeness (QED) is 0.707. The highest BCUT2D eigenvalue weighted by molar-refractivity contribution is 5.88. The Morgan fingerprint density at radius 3 is 2.30 bits per heavy atom. The third-order valence-corrected chi connectivity index (χ3v) is 3.95. The highest BCUT2D eigenvalue weighted by Crippen LogP contribution is 2.17. The van der Waals surface area contributed by atoms with Gasteiger partial charge in [0.05, 0.1) is 5.56 Å². The van der Waals surface area contributed by atoms with Gasteiger partial charge in [0, 0.05) is 12.2 Å². The van der Waals surface area contributed by atoms with Crippen molar-refractivity contribution in [2.45, 2.75) is 13.6 Å². The molecule has 0 fully saturated rings. The molecule has 3 rings (SSSR count). The van der Waals surface area contributed by atoms with Crippen molar-refractivity contribution in [3.05, 3.63) is 70.1 Å². The summed E-state index contributed by atoms with van der Waals surface area (Å²) in [6.07, 6.45) is 0. The van der Waals surface area contributed by atoms with E-state index in [0.29, 0.717) is 16.9 Å². The molecule has 27 heavy (non-hydrogen) atoms. The van der Waals surface area contributed by atoms with Crippen molar-refractivity contribution in [2.75, 3.05) is 11.4 Å². The molecule has 8 nitrogen and oxygen atoms in total. The summed E-state index contributed by atoms with van der Waals surface area (Å²) < 4.78 is 29.3. The maximum atomic E-state index is 13.9. The molecule has 10 heteroatoms. The van der Waals surface area contributed by atoms with Crippen LogP contribution in [0.15, 0.2) is 47.3 Å². The Bertz CT molecular complexity index is 1010. The van der Waals surface area contributed by atoms with Gasteiger partial charge in [0.1, 0.15) is 12.4 Å². The van der Waals surface area contributed by atoms with Gasteiger partial charge >= 0.3 is 11.7 Å². The zero-order chi connectivity index (χ0) is 19.6. The van der Waals surface area contributed by atoms with Crippen molar-refractivity contribution < 1.29 is 18.7 Å². The molecule has 0 aliphatic heterocycles. The number of tetrazole rings is 1. The lowest BCUT2D eigenvalue weighted by Gasteiger charge is -2.22. The summed E-state index contributed by atoms with van der Waals surface area (Å²) in [6, 6.07) is 9.29. The molecule has 2 aromatic carbocycles. The van der Waals surface area contributed by atoms with Crippen LogP contribution in [-0.4, -0.2) is 37.4 Å². The number of nitrogens with zero attached hydrogens (tertiary/aromatic N) is 5. The number of carboxylic acids is 1. The maximum absolute atomic E-state index is 13.9. The lowest BCUT2D eigenvalue weighted by atomic mass is 10.2. The van der Waals surface area contributed by atoms with Gasteiger partial charge in [0.15, 0.2) is 11.6 Å². The fourth-order valence-corrected chi connectivity index (χ4v) is 2.54. The number of rotatable bonds is 6. The van der Waals surface area contributed by atoms with E-state index >= 15 is 0 Å². The van der Waals surface area contributed by atoms with Gasteiger partial charge in [-0.15, -0.1) is 0 Å². The first-order valence-electron chi connectivity index (χ1n) is 7.98. The molecule has 0 radical (unpaired) electrons. The molecule has 0 aliphatic carbocycles. The number of para-hydroxylation sites is 1. The number of carboxylic acid groups (broad SMARTS) is 1. The van der Waals surface area contributed by atoms with Gasteiger partial charge in [-0.2, -0.15) is 9.36 Å². The minimum atomic E-state index is -1.05. The number of aromatic nitrogens is 4. The summed E-state index contributed by atoms with van der Waals surface area (Å²) in [5.74, 6) is -2.91. The summed E-state index contributed by atoms with van der Waals surface area (Å²) in [5, 5.41) is 16.2. The second-order valence-corrected chi connectivity index (χ2v) is 5.59. The zero-order valence-corrected chi connectivity index (χ0v) is 14.2. The third kappa shape index (κ3) is 3.54. The van der Waals surface area contributed by atoms with Crippen molar-refractivity contribution in [2.24, 2.45) is 0 Å². The third-order valence-electron chi connectivity index (χ3n) is 3.95. The highest BCUT2D eigenvalue weighted by Gasteiger charge is 2.18. The summed E-state index contributed by atoms with van der Waals surface area (Å²) in [5.41, 5.74) is -0.615. The Kier molecular flexibility index (Phi) is 4.97. The van der Waals surface area contributed by atoms with E-state index in [2.05, 4.69) is 10.4 Å². The minimum Gasteiger partial charge on any atom is -0.478 e. The predicted octanol–water partition coefficient (Wildman–Crippen LogP) is 1.89. The molecule has 0 aliphatic rings. The van der Waals surface area contributed by atoms with Crippen LogP contribution >= 0.6 is 0 Å². The van der Waals surface area contributed by atoms with E-state index in [-0.39, 0.29) is 12.2 Å². The van der Waals surface area contributed by atoms with Crippen molar-refractivity contribution in [3.63, 3.8) is 0 Å². The minimum absolute atomic E-state index is 0.0299. The maximum Gasteiger partial charge on any atom is 0.370 e. The first-order chi connectivity index (χ1) is 12.9. The van der Waals surface area contributed by atoms with E-state index in [0.717, 1.165) is 16.8 Å². The largest absolute Gasteiger partial charge is 0.478 e. The zero-order valence-electron chi connectivity index (χ0n) is 14.2. The Hall–Kier alpha value is -3.56. The van der Waals surface area contributed by atoms with Crippen molar-refractivity contribution in [1.29, 1.82) is 0 Å². The van der Waals surface area contributed by atoms with Crippen molar-refractivity contribution >= 4 is 11.7 Å². The molecule has 0 amide bonds. The molecular weight excluding hydrogens is 360 g/mol. The Labute approximate surface area is 151 Å². The lowest BCUT2D eigenvalue weighted by Crippen LogP contribution is -2.34. The molecule has 1 N–H and O–H groups in total. The Morgan fingerprint density at radius 1 is 1.11 bits per heavy atom. The van der Waals surface area contributed by atoms with E-state index in [4.69, 9.17) is 5.11 Å². The SMILES string of the molecule is CCN(Cn1nnn(-c2c(F)cccc2F)c1=O)c1ccc(C(=O)O)cc1. The van der Waals surface area contributed by atoms with Crippen LogP contribution in [0.3, 0.4) is 0 Å². The summed E-state index contributed by atoms with van der Waals surface area (Å²) in [7, 11) is 0. The van der Waals surface area contributed by atoms with Crippen molar-refractivity contribution in [1.82, 2.24) is 19.8 Å². The smallest absolute Gasteiger partial charge is 0.370 e. The van der Waals surface area contributed by atoms with Gasteiger partial charge < -0.3 is 10.0 Å². The standard InChI is InChI=1S/C17H15F2N5O3/c1-2-22(12-8-6-11(7-9-12)16(25)26)10-23-17(27)24(21-20-23)15-13(18)4-3-5-14(15)19/h3-9H,2,10H2,1H3,(H,25,26). The molecule has 0 bridgehead atoms. The fraction of sp³-hybridized carbons (Fsp3) is 0.176. The van der Waals surface area contributed by atoms with Crippen LogP contribution in [0.1, 0.15) is 17.3 Å². The van der Waals surface area contributed by atoms with Crippen molar-refractivity contribution in [3.8, 4) is 5.69 Å². The monoisotopic (exact) mass is 375 g/mol. The van der Waals surface area contributed by atoms with Gasteiger partial charge in [-0.1, -0.05) is 6.07 Å². The van der Waals surface area contributed by atoms with Crippen LogP contribution in [-0.2, 0) is 6.67 Å². The van der Waals surface area contributed by atoms with Crippen LogP contribution in [0.5, 0.6) is 0 Å². The molecule has 0 unspecified atom stereocenters. The van der Waals surface area contributed by atoms with Crippen LogP contribution < -0.4 is 10.6 Å². The topological polar surface area (TPSA) is 93.3 Å². The number of hydrogen-bond donors (Lipinski definition) is 1. The number of anilines is 1. The highest BCUT2D eigenvalue weighted by atomic mass is 19.1. The second-order valence-electron chi connectivity index (χ2n) is 5.59. The number of hydrogen-bond acceptors (Lipinski definition) is 5. The number of aromatic carboxylic acids is 1. The van der Waals surface area contributed by atoms with Gasteiger partial charge in [0.25, 0.3) is 0 Å². The van der Waals surface area contributed by atoms with Crippen LogP contribution in [0.4, 0.5) is 14.5 Å². The first-order valence-corrected chi connectivity index (χ1v) is 7.98. The average molecular weight is 375 g/mol. The van der Waals surface area contributed by atoms with Gasteiger partial charge in [0.2, 0.25) is 0 Å². The normalized spacial score (nSPS) is 10.8. The van der Waals surface area contributed by atoms with E-state index in [1.807, 2.05) is 6.92 Å². The van der Waals surface area contributed by atoms with Gasteiger partial charge in [-0.25, -0.2) is 18.4 Å². The Balaban J connectivity index is 1.90. The van der Waals surface area contributed by atoms with Gasteiger partial charge in [-0.3, -0.25) is 0 Å². The van der Waals surface area contributed by atoms with Gasteiger partial charge in [-0.05, 0) is 53.7 Å². The van der Waals surface area contributed by atoms with Crippen LogP contribution in [0.2, 0.25) is 0 Å². The van der Waals surface area contributed by atoms with E-state index in [1.54, 1.807) is 17.0 Å². The molecule has 1 aromatic heterocycles. The molecule has 0 saturated heterocycles. The van der Waals surface area contributed by atoms with Crippen LogP contribution in [0.25, 0.3) is 5.69 Å². The van der Waals surface area contributed by atoms with E-state index in [9.17, 15) is 18.4 Å².